The number of hydrazone groups is 1. The number of rotatable bonds is 8. The number of nitrogens with one attached hydrogen (secondary N) is 2. The Bertz CT molecular complexity index is 1270. The largest absolute Gasteiger partial charge is 0.492 e. The molecule has 0 saturated heterocycles. The molecule has 11 nitrogen and oxygen atoms in total. The van der Waals surface area contributed by atoms with Gasteiger partial charge in [-0.3, -0.25) is 19.7 Å². The second kappa shape index (κ2) is 11.7. The van der Waals surface area contributed by atoms with Gasteiger partial charge in [-0.2, -0.15) is 5.10 Å². The lowest BCUT2D eigenvalue weighted by Gasteiger charge is -2.10. The highest BCUT2D eigenvalue weighted by atomic mass is 16.6. The van der Waals surface area contributed by atoms with Gasteiger partial charge in [-0.05, 0) is 43.3 Å². The molecule has 0 saturated carbocycles. The minimum atomic E-state index is -1.02. The Morgan fingerprint density at radius 3 is 2.29 bits per heavy atom. The summed E-state index contributed by atoms with van der Waals surface area (Å²) in [4.78, 5) is 46.9. The number of hydrogen-bond donors (Lipinski definition) is 2. The molecule has 0 aliphatic rings. The molecule has 0 aliphatic heterocycles. The van der Waals surface area contributed by atoms with E-state index in [9.17, 15) is 24.5 Å². The first-order valence-corrected chi connectivity index (χ1v) is 10.3. The van der Waals surface area contributed by atoms with Crippen LogP contribution in [-0.4, -0.2) is 35.5 Å². The first-order valence-electron chi connectivity index (χ1n) is 10.3. The average Bonchev–Trinajstić information content (AvgIpc) is 2.86. The zero-order valence-corrected chi connectivity index (χ0v) is 18.5. The molecule has 3 rings (SSSR count). The number of nitrogens with zero attached hydrogens (tertiary/aromatic N) is 2. The van der Waals surface area contributed by atoms with Crippen molar-refractivity contribution >= 4 is 35.4 Å². The normalized spacial score (nSPS) is 10.4. The van der Waals surface area contributed by atoms with Crippen LogP contribution in [0.1, 0.15) is 22.8 Å². The molecule has 35 heavy (non-hydrogen) atoms. The molecule has 2 amide bonds. The third-order valence-electron chi connectivity index (χ3n) is 4.45. The van der Waals surface area contributed by atoms with Gasteiger partial charge in [-0.25, -0.2) is 10.2 Å². The number of hydrogen-bond acceptors (Lipinski definition) is 8. The van der Waals surface area contributed by atoms with Gasteiger partial charge in [0.15, 0.2) is 0 Å². The Balaban J connectivity index is 1.62. The number of nitro benzene ring substituents is 1. The van der Waals surface area contributed by atoms with Crippen LogP contribution in [0.15, 0.2) is 77.9 Å². The first kappa shape index (κ1) is 24.6. The van der Waals surface area contributed by atoms with Crippen LogP contribution in [0.5, 0.6) is 11.5 Å². The SMILES string of the molecule is CCOc1ccccc1NC(=O)C(=O)N/N=C/c1ccccc1OC(=O)c1ccc([N+](=O)[O-])cc1. The summed E-state index contributed by atoms with van der Waals surface area (Å²) in [6.45, 7) is 2.18. The molecular formula is C24H20N4O7. The highest BCUT2D eigenvalue weighted by Gasteiger charge is 2.16. The van der Waals surface area contributed by atoms with E-state index in [0.717, 1.165) is 0 Å². The third-order valence-corrected chi connectivity index (χ3v) is 4.45. The number of ether oxygens (including phenoxy) is 2. The molecule has 0 radical (unpaired) electrons. The van der Waals surface area contributed by atoms with Crippen molar-refractivity contribution in [3.8, 4) is 11.5 Å². The van der Waals surface area contributed by atoms with Crippen LogP contribution in [-0.2, 0) is 9.59 Å². The van der Waals surface area contributed by atoms with Crippen molar-refractivity contribution in [1.82, 2.24) is 5.43 Å². The number of para-hydroxylation sites is 3. The van der Waals surface area contributed by atoms with E-state index in [4.69, 9.17) is 9.47 Å². The standard InChI is InChI=1S/C24H20N4O7/c1-2-34-21-10-6-4-8-19(21)26-22(29)23(30)27-25-15-17-7-3-5-9-20(17)35-24(31)16-11-13-18(14-12-16)28(32)33/h3-15H,2H2,1H3,(H,26,29)(H,27,30)/b25-15+. The smallest absolute Gasteiger partial charge is 0.343 e. The van der Waals surface area contributed by atoms with Crippen LogP contribution in [0.25, 0.3) is 0 Å². The van der Waals surface area contributed by atoms with Crippen LogP contribution in [0.3, 0.4) is 0 Å². The van der Waals surface area contributed by atoms with E-state index >= 15 is 0 Å². The quantitative estimate of drug-likeness (QED) is 0.126. The lowest BCUT2D eigenvalue weighted by Crippen LogP contribution is -2.32. The molecule has 0 aliphatic carbocycles. The van der Waals surface area contributed by atoms with E-state index in [1.165, 1.54) is 36.5 Å². The number of carbonyl (C=O) groups is 3. The molecule has 0 fully saturated rings. The van der Waals surface area contributed by atoms with Gasteiger partial charge in [0.05, 0.1) is 29.0 Å². The van der Waals surface area contributed by atoms with E-state index in [2.05, 4.69) is 15.8 Å². The maximum atomic E-state index is 12.4. The summed E-state index contributed by atoms with van der Waals surface area (Å²) >= 11 is 0. The van der Waals surface area contributed by atoms with Crippen molar-refractivity contribution in [2.75, 3.05) is 11.9 Å². The van der Waals surface area contributed by atoms with Crippen LogP contribution < -0.4 is 20.2 Å². The van der Waals surface area contributed by atoms with E-state index in [-0.39, 0.29) is 17.0 Å². The molecule has 0 aromatic heterocycles. The van der Waals surface area contributed by atoms with Crippen LogP contribution >= 0.6 is 0 Å². The van der Waals surface area contributed by atoms with Gasteiger partial charge in [0.1, 0.15) is 11.5 Å². The molecule has 178 valence electrons. The van der Waals surface area contributed by atoms with Crippen molar-refractivity contribution in [3.05, 3.63) is 94.0 Å². The summed E-state index contributed by atoms with van der Waals surface area (Å²) in [5.74, 6) is -2.16. The molecule has 0 atom stereocenters. The highest BCUT2D eigenvalue weighted by Crippen LogP contribution is 2.23. The Kier molecular flexibility index (Phi) is 8.22. The van der Waals surface area contributed by atoms with Crippen molar-refractivity contribution in [1.29, 1.82) is 0 Å². The summed E-state index contributed by atoms with van der Waals surface area (Å²) in [6, 6.07) is 18.0. The maximum absolute atomic E-state index is 12.4. The fourth-order valence-corrected chi connectivity index (χ4v) is 2.80. The van der Waals surface area contributed by atoms with Gasteiger partial charge in [-0.15, -0.1) is 0 Å². The van der Waals surface area contributed by atoms with E-state index in [1.54, 1.807) is 49.4 Å². The second-order valence-corrected chi connectivity index (χ2v) is 6.81. The predicted octanol–water partition coefficient (Wildman–Crippen LogP) is 3.30. The van der Waals surface area contributed by atoms with Crippen molar-refractivity contribution in [2.24, 2.45) is 5.10 Å². The Morgan fingerprint density at radius 1 is 0.943 bits per heavy atom. The minimum absolute atomic E-state index is 0.111. The fourth-order valence-electron chi connectivity index (χ4n) is 2.80. The summed E-state index contributed by atoms with van der Waals surface area (Å²) in [5, 5.41) is 17.0. The monoisotopic (exact) mass is 476 g/mol. The van der Waals surface area contributed by atoms with Crippen LogP contribution in [0, 0.1) is 10.1 Å². The zero-order valence-electron chi connectivity index (χ0n) is 18.5. The van der Waals surface area contributed by atoms with E-state index in [1.807, 2.05) is 0 Å². The van der Waals surface area contributed by atoms with Gasteiger partial charge in [0.25, 0.3) is 5.69 Å². The molecule has 0 bridgehead atoms. The fraction of sp³-hybridized carbons (Fsp3) is 0.0833. The topological polar surface area (TPSA) is 149 Å². The predicted molar refractivity (Wildman–Crippen MR) is 126 cm³/mol. The Morgan fingerprint density at radius 2 is 1.60 bits per heavy atom. The number of non-ortho nitro benzene ring substituents is 1. The number of nitro groups is 1. The summed E-state index contributed by atoms with van der Waals surface area (Å²) in [6.07, 6.45) is 1.21. The van der Waals surface area contributed by atoms with Crippen LogP contribution in [0.4, 0.5) is 11.4 Å². The molecule has 0 heterocycles. The second-order valence-electron chi connectivity index (χ2n) is 6.81. The lowest BCUT2D eigenvalue weighted by atomic mass is 10.2. The molecule has 2 N–H and O–H groups in total. The van der Waals surface area contributed by atoms with Crippen molar-refractivity contribution < 1.29 is 28.8 Å². The maximum Gasteiger partial charge on any atom is 0.343 e. The Labute approximate surface area is 199 Å². The Hall–Kier alpha value is -5.06. The van der Waals surface area contributed by atoms with Gasteiger partial charge in [0.2, 0.25) is 0 Å². The van der Waals surface area contributed by atoms with Gasteiger partial charge in [-0.1, -0.05) is 24.3 Å². The third kappa shape index (κ3) is 6.71. The summed E-state index contributed by atoms with van der Waals surface area (Å²) < 4.78 is 10.7. The van der Waals surface area contributed by atoms with Gasteiger partial charge >= 0.3 is 17.8 Å². The molecule has 0 spiro atoms. The number of esters is 1. The van der Waals surface area contributed by atoms with E-state index in [0.29, 0.717) is 23.6 Å². The van der Waals surface area contributed by atoms with Gasteiger partial charge in [0, 0.05) is 17.7 Å². The van der Waals surface area contributed by atoms with Crippen molar-refractivity contribution in [3.63, 3.8) is 0 Å². The number of carbonyl (C=O) groups excluding carboxylic acids is 3. The minimum Gasteiger partial charge on any atom is -0.492 e. The first-order chi connectivity index (χ1) is 16.9. The molecular weight excluding hydrogens is 456 g/mol. The van der Waals surface area contributed by atoms with Crippen LogP contribution in [0.2, 0.25) is 0 Å². The zero-order chi connectivity index (χ0) is 25.2. The molecule has 0 unspecified atom stereocenters. The van der Waals surface area contributed by atoms with Gasteiger partial charge < -0.3 is 14.8 Å². The van der Waals surface area contributed by atoms with E-state index < -0.39 is 22.7 Å². The van der Waals surface area contributed by atoms with Crippen molar-refractivity contribution in [2.45, 2.75) is 6.92 Å². The number of benzene rings is 3. The highest BCUT2D eigenvalue weighted by molar-refractivity contribution is 6.39. The molecule has 11 heteroatoms. The average molecular weight is 476 g/mol. The molecule has 3 aromatic carbocycles. The molecule has 3 aromatic rings. The summed E-state index contributed by atoms with van der Waals surface area (Å²) in [5.41, 5.74) is 2.73. The number of amides is 2. The summed E-state index contributed by atoms with van der Waals surface area (Å²) in [7, 11) is 0. The lowest BCUT2D eigenvalue weighted by molar-refractivity contribution is -0.384. The number of anilines is 1.